The lowest BCUT2D eigenvalue weighted by atomic mass is 9.98. The van der Waals surface area contributed by atoms with Crippen LogP contribution >= 0.6 is 0 Å². The van der Waals surface area contributed by atoms with Gasteiger partial charge in [-0.2, -0.15) is 5.26 Å². The molecule has 2 heteroatoms. The fourth-order valence-corrected chi connectivity index (χ4v) is 0.730. The van der Waals surface area contributed by atoms with Crippen LogP contribution in [0, 0.1) is 23.2 Å². The Morgan fingerprint density at radius 2 is 2.10 bits per heavy atom. The highest BCUT2D eigenvalue weighted by Crippen LogP contribution is 2.07. The van der Waals surface area contributed by atoms with E-state index in [1.54, 1.807) is 0 Å². The van der Waals surface area contributed by atoms with Gasteiger partial charge in [-0.25, -0.2) is 0 Å². The number of nitriles is 1. The molecule has 0 fully saturated rings. The van der Waals surface area contributed by atoms with Crippen LogP contribution in [-0.2, 0) is 0 Å². The van der Waals surface area contributed by atoms with Gasteiger partial charge in [-0.1, -0.05) is 20.8 Å². The standard InChI is InChI=1S/C8H16N2/c1-4-10-6-8(5-9)7(2)3/h7-8,10H,4,6H2,1-3H3. The average molecular weight is 140 g/mol. The van der Waals surface area contributed by atoms with Crippen molar-refractivity contribution in [1.82, 2.24) is 5.32 Å². The summed E-state index contributed by atoms with van der Waals surface area (Å²) in [5.41, 5.74) is 0. The third kappa shape index (κ3) is 3.47. The molecule has 0 aromatic rings. The molecule has 0 amide bonds. The number of rotatable bonds is 4. The highest BCUT2D eigenvalue weighted by atomic mass is 14.8. The monoisotopic (exact) mass is 140 g/mol. The van der Waals surface area contributed by atoms with E-state index in [2.05, 4.69) is 32.2 Å². The Bertz CT molecular complexity index is 113. The molecular weight excluding hydrogens is 124 g/mol. The van der Waals surface area contributed by atoms with E-state index in [-0.39, 0.29) is 5.92 Å². The second-order valence-corrected chi connectivity index (χ2v) is 2.79. The Morgan fingerprint density at radius 1 is 1.50 bits per heavy atom. The molecule has 1 unspecified atom stereocenters. The van der Waals surface area contributed by atoms with Crippen molar-refractivity contribution in [3.05, 3.63) is 0 Å². The number of nitrogens with zero attached hydrogens (tertiary/aromatic N) is 1. The summed E-state index contributed by atoms with van der Waals surface area (Å²) in [5, 5.41) is 11.8. The molecule has 1 N–H and O–H groups in total. The normalized spacial score (nSPS) is 13.1. The van der Waals surface area contributed by atoms with Crippen LogP contribution < -0.4 is 5.32 Å². The Labute approximate surface area is 63.2 Å². The van der Waals surface area contributed by atoms with Crippen LogP contribution in [0.4, 0.5) is 0 Å². The van der Waals surface area contributed by atoms with Crippen molar-refractivity contribution >= 4 is 0 Å². The van der Waals surface area contributed by atoms with Crippen molar-refractivity contribution in [2.45, 2.75) is 20.8 Å². The zero-order valence-electron chi connectivity index (χ0n) is 7.02. The van der Waals surface area contributed by atoms with Gasteiger partial charge in [0.2, 0.25) is 0 Å². The summed E-state index contributed by atoms with van der Waals surface area (Å²) in [5.74, 6) is 0.629. The maximum absolute atomic E-state index is 8.63. The minimum absolute atomic E-state index is 0.167. The van der Waals surface area contributed by atoms with Crippen LogP contribution in [0.25, 0.3) is 0 Å². The van der Waals surface area contributed by atoms with E-state index in [1.165, 1.54) is 0 Å². The van der Waals surface area contributed by atoms with Crippen molar-refractivity contribution in [2.24, 2.45) is 11.8 Å². The van der Waals surface area contributed by atoms with Crippen LogP contribution in [0.3, 0.4) is 0 Å². The molecule has 1 atom stereocenters. The molecule has 0 saturated heterocycles. The van der Waals surface area contributed by atoms with Gasteiger partial charge >= 0.3 is 0 Å². The van der Waals surface area contributed by atoms with E-state index in [0.29, 0.717) is 5.92 Å². The molecule has 10 heavy (non-hydrogen) atoms. The summed E-state index contributed by atoms with van der Waals surface area (Å²) in [7, 11) is 0. The smallest absolute Gasteiger partial charge is 0.0671 e. The van der Waals surface area contributed by atoms with E-state index >= 15 is 0 Å². The first-order chi connectivity index (χ1) is 4.72. The highest BCUT2D eigenvalue weighted by Gasteiger charge is 2.09. The molecule has 0 aromatic carbocycles. The Balaban J connectivity index is 3.53. The third-order valence-corrected chi connectivity index (χ3v) is 1.58. The molecule has 0 spiro atoms. The van der Waals surface area contributed by atoms with Gasteiger partial charge in [-0.05, 0) is 12.5 Å². The van der Waals surface area contributed by atoms with Crippen molar-refractivity contribution in [1.29, 1.82) is 5.26 Å². The topological polar surface area (TPSA) is 35.8 Å². The summed E-state index contributed by atoms with van der Waals surface area (Å²) < 4.78 is 0. The fourth-order valence-electron chi connectivity index (χ4n) is 0.730. The summed E-state index contributed by atoms with van der Waals surface area (Å²) in [6.07, 6.45) is 0. The van der Waals surface area contributed by atoms with Gasteiger partial charge in [0.05, 0.1) is 12.0 Å². The molecule has 0 radical (unpaired) electrons. The average Bonchev–Trinajstić information content (AvgIpc) is 1.89. The lowest BCUT2D eigenvalue weighted by Gasteiger charge is -2.11. The van der Waals surface area contributed by atoms with Gasteiger partial charge in [0.25, 0.3) is 0 Å². The SMILES string of the molecule is CCNCC(C#N)C(C)C. The number of hydrogen-bond acceptors (Lipinski definition) is 2. The molecule has 0 bridgehead atoms. The second-order valence-electron chi connectivity index (χ2n) is 2.79. The number of hydrogen-bond donors (Lipinski definition) is 1. The third-order valence-electron chi connectivity index (χ3n) is 1.58. The zero-order chi connectivity index (χ0) is 7.98. The van der Waals surface area contributed by atoms with Crippen molar-refractivity contribution < 1.29 is 0 Å². The molecule has 0 aromatic heterocycles. The summed E-state index contributed by atoms with van der Waals surface area (Å²) in [4.78, 5) is 0. The Morgan fingerprint density at radius 3 is 2.40 bits per heavy atom. The Hall–Kier alpha value is -0.550. The molecule has 2 nitrogen and oxygen atoms in total. The second kappa shape index (κ2) is 5.25. The predicted molar refractivity (Wildman–Crippen MR) is 42.5 cm³/mol. The molecule has 0 rings (SSSR count). The van der Waals surface area contributed by atoms with Crippen molar-refractivity contribution in [3.63, 3.8) is 0 Å². The Kier molecular flexibility index (Phi) is 4.96. The maximum atomic E-state index is 8.63. The molecule has 0 heterocycles. The van der Waals surface area contributed by atoms with Gasteiger partial charge in [0, 0.05) is 6.54 Å². The van der Waals surface area contributed by atoms with E-state index < -0.39 is 0 Å². The molecular formula is C8H16N2. The minimum atomic E-state index is 0.167. The first-order valence-corrected chi connectivity index (χ1v) is 3.82. The lowest BCUT2D eigenvalue weighted by molar-refractivity contribution is 0.448. The van der Waals surface area contributed by atoms with E-state index in [1.807, 2.05) is 0 Å². The van der Waals surface area contributed by atoms with Crippen molar-refractivity contribution in [2.75, 3.05) is 13.1 Å². The maximum Gasteiger partial charge on any atom is 0.0671 e. The van der Waals surface area contributed by atoms with Gasteiger partial charge in [-0.15, -0.1) is 0 Å². The van der Waals surface area contributed by atoms with E-state index in [0.717, 1.165) is 13.1 Å². The number of nitrogens with one attached hydrogen (secondary N) is 1. The van der Waals surface area contributed by atoms with E-state index in [4.69, 9.17) is 5.26 Å². The fraction of sp³-hybridized carbons (Fsp3) is 0.875. The molecule has 58 valence electrons. The van der Waals surface area contributed by atoms with Crippen LogP contribution in [0.2, 0.25) is 0 Å². The molecule has 0 aliphatic heterocycles. The quantitative estimate of drug-likeness (QED) is 0.640. The summed E-state index contributed by atoms with van der Waals surface area (Å²) in [6.45, 7) is 7.97. The van der Waals surface area contributed by atoms with Gasteiger partial charge in [0.1, 0.15) is 0 Å². The van der Waals surface area contributed by atoms with Crippen LogP contribution in [0.5, 0.6) is 0 Å². The van der Waals surface area contributed by atoms with Gasteiger partial charge in [0.15, 0.2) is 0 Å². The van der Waals surface area contributed by atoms with Gasteiger partial charge in [-0.3, -0.25) is 0 Å². The largest absolute Gasteiger partial charge is 0.316 e. The molecule has 0 aliphatic carbocycles. The minimum Gasteiger partial charge on any atom is -0.316 e. The lowest BCUT2D eigenvalue weighted by Crippen LogP contribution is -2.24. The summed E-state index contributed by atoms with van der Waals surface area (Å²) >= 11 is 0. The van der Waals surface area contributed by atoms with Crippen molar-refractivity contribution in [3.8, 4) is 6.07 Å². The van der Waals surface area contributed by atoms with Crippen LogP contribution in [-0.4, -0.2) is 13.1 Å². The first kappa shape index (κ1) is 9.45. The first-order valence-electron chi connectivity index (χ1n) is 3.82. The van der Waals surface area contributed by atoms with E-state index in [9.17, 15) is 0 Å². The van der Waals surface area contributed by atoms with Crippen LogP contribution in [0.15, 0.2) is 0 Å². The predicted octanol–water partition coefficient (Wildman–Crippen LogP) is 1.39. The molecule has 0 aliphatic rings. The van der Waals surface area contributed by atoms with Gasteiger partial charge < -0.3 is 5.32 Å². The highest BCUT2D eigenvalue weighted by molar-refractivity contribution is 4.86. The zero-order valence-corrected chi connectivity index (χ0v) is 7.02. The molecule has 0 saturated carbocycles. The van der Waals surface area contributed by atoms with Crippen LogP contribution in [0.1, 0.15) is 20.8 Å². The summed E-state index contributed by atoms with van der Waals surface area (Å²) in [6, 6.07) is 2.27.